The first-order valence-electron chi connectivity index (χ1n) is 9.63. The van der Waals surface area contributed by atoms with Gasteiger partial charge in [0, 0.05) is 11.1 Å². The Morgan fingerprint density at radius 2 is 1.83 bits per heavy atom. The molecule has 0 aliphatic carbocycles. The third-order valence-corrected chi connectivity index (χ3v) is 5.04. The van der Waals surface area contributed by atoms with Gasteiger partial charge >= 0.3 is 5.97 Å². The van der Waals surface area contributed by atoms with Crippen LogP contribution in [0.4, 0.5) is 0 Å². The average Bonchev–Trinajstić information content (AvgIpc) is 2.72. The molecular weight excluding hydrogens is 408 g/mol. The van der Waals surface area contributed by atoms with Crippen LogP contribution in [0.5, 0.6) is 17.2 Å². The lowest BCUT2D eigenvalue weighted by Crippen LogP contribution is -2.26. The molecule has 0 saturated carbocycles. The monoisotopic (exact) mass is 430 g/mol. The molecule has 1 unspecified atom stereocenters. The summed E-state index contributed by atoms with van der Waals surface area (Å²) in [6.07, 6.45) is 1.21. The highest BCUT2D eigenvalue weighted by atomic mass is 35.5. The molecule has 0 spiro atoms. The molecule has 0 N–H and O–H groups in total. The summed E-state index contributed by atoms with van der Waals surface area (Å²) in [5, 5.41) is 0.997. The molecule has 6 nitrogen and oxygen atoms in total. The van der Waals surface area contributed by atoms with E-state index in [0.29, 0.717) is 34.1 Å². The van der Waals surface area contributed by atoms with E-state index in [1.807, 2.05) is 20.8 Å². The van der Waals surface area contributed by atoms with Gasteiger partial charge in [-0.15, -0.1) is 0 Å². The van der Waals surface area contributed by atoms with Gasteiger partial charge in [-0.2, -0.15) is 0 Å². The van der Waals surface area contributed by atoms with E-state index in [9.17, 15) is 9.59 Å². The molecule has 0 aliphatic rings. The Balaban J connectivity index is 1.83. The summed E-state index contributed by atoms with van der Waals surface area (Å²) in [5.74, 6) is 0.508. The number of rotatable bonds is 7. The van der Waals surface area contributed by atoms with Gasteiger partial charge in [0.15, 0.2) is 6.10 Å². The first-order valence-corrected chi connectivity index (χ1v) is 10.0. The fourth-order valence-electron chi connectivity index (χ4n) is 2.90. The number of carbonyl (C=O) groups excluding carboxylic acids is 1. The Hall–Kier alpha value is -2.99. The predicted octanol–water partition coefficient (Wildman–Crippen LogP) is 5.58. The second-order valence-corrected chi connectivity index (χ2v) is 7.37. The third-order valence-electron chi connectivity index (χ3n) is 4.45. The molecule has 0 amide bonds. The minimum atomic E-state index is -0.778. The molecule has 2 aromatic carbocycles. The topological polar surface area (TPSA) is 75.0 Å². The first-order chi connectivity index (χ1) is 14.3. The van der Waals surface area contributed by atoms with E-state index in [4.69, 9.17) is 30.2 Å². The molecule has 30 heavy (non-hydrogen) atoms. The second kappa shape index (κ2) is 9.22. The van der Waals surface area contributed by atoms with E-state index in [1.54, 1.807) is 37.3 Å². The highest BCUT2D eigenvalue weighted by molar-refractivity contribution is 6.32. The summed E-state index contributed by atoms with van der Waals surface area (Å²) >= 11 is 6.18. The van der Waals surface area contributed by atoms with Gasteiger partial charge in [0.2, 0.25) is 11.2 Å². The molecule has 1 heterocycles. The van der Waals surface area contributed by atoms with Crippen LogP contribution in [0.3, 0.4) is 0 Å². The number of carbonyl (C=O) groups is 1. The summed E-state index contributed by atoms with van der Waals surface area (Å²) < 4.78 is 22.0. The van der Waals surface area contributed by atoms with Crippen molar-refractivity contribution in [2.45, 2.75) is 40.2 Å². The number of benzene rings is 2. The first kappa shape index (κ1) is 21.7. The number of hydrogen-bond donors (Lipinski definition) is 0. The van der Waals surface area contributed by atoms with Crippen molar-refractivity contribution >= 4 is 28.5 Å². The third kappa shape index (κ3) is 4.76. The van der Waals surface area contributed by atoms with Gasteiger partial charge in [-0.05, 0) is 62.6 Å². The Labute approximate surface area is 179 Å². The standard InChI is InChI=1S/C23H23ClO6/c1-5-8-27-23(26)15(4)29-16-6-7-18-19(11-16)28-12-20(22(18)25)30-17-9-13(2)21(24)14(3)10-17/h6-7,9-12,15H,5,8H2,1-4H3. The normalized spacial score (nSPS) is 11.9. The molecule has 3 rings (SSSR count). The molecule has 3 aromatic rings. The Bertz CT molecular complexity index is 1110. The Morgan fingerprint density at radius 3 is 2.50 bits per heavy atom. The number of halogens is 1. The Kier molecular flexibility index (Phi) is 6.67. The van der Waals surface area contributed by atoms with E-state index in [2.05, 4.69) is 0 Å². The average molecular weight is 431 g/mol. The Morgan fingerprint density at radius 1 is 1.13 bits per heavy atom. The van der Waals surface area contributed by atoms with Crippen LogP contribution in [0.25, 0.3) is 11.0 Å². The quantitative estimate of drug-likeness (QED) is 0.456. The van der Waals surface area contributed by atoms with E-state index in [1.165, 1.54) is 6.26 Å². The lowest BCUT2D eigenvalue weighted by molar-refractivity contribution is -0.151. The summed E-state index contributed by atoms with van der Waals surface area (Å²) in [6.45, 7) is 7.59. The summed E-state index contributed by atoms with van der Waals surface area (Å²) in [5.41, 5.74) is 1.71. The number of aryl methyl sites for hydroxylation is 2. The minimum absolute atomic E-state index is 0.0637. The summed E-state index contributed by atoms with van der Waals surface area (Å²) in [6, 6.07) is 8.25. The minimum Gasteiger partial charge on any atom is -0.479 e. The van der Waals surface area contributed by atoms with Gasteiger partial charge < -0.3 is 18.6 Å². The van der Waals surface area contributed by atoms with Crippen LogP contribution in [-0.4, -0.2) is 18.7 Å². The van der Waals surface area contributed by atoms with Crippen LogP contribution in [-0.2, 0) is 9.53 Å². The van der Waals surface area contributed by atoms with Crippen molar-refractivity contribution < 1.29 is 23.4 Å². The molecule has 0 aliphatic heterocycles. The highest BCUT2D eigenvalue weighted by Gasteiger charge is 2.17. The molecule has 0 fully saturated rings. The highest BCUT2D eigenvalue weighted by Crippen LogP contribution is 2.29. The van der Waals surface area contributed by atoms with Crippen LogP contribution in [0.2, 0.25) is 5.02 Å². The van der Waals surface area contributed by atoms with Crippen LogP contribution < -0.4 is 14.9 Å². The van der Waals surface area contributed by atoms with Crippen molar-refractivity contribution in [2.24, 2.45) is 0 Å². The van der Waals surface area contributed by atoms with Crippen LogP contribution in [0.1, 0.15) is 31.4 Å². The van der Waals surface area contributed by atoms with Crippen molar-refractivity contribution in [1.29, 1.82) is 0 Å². The fraction of sp³-hybridized carbons (Fsp3) is 0.304. The molecule has 7 heteroatoms. The van der Waals surface area contributed by atoms with Gasteiger partial charge in [-0.3, -0.25) is 4.79 Å². The maximum Gasteiger partial charge on any atom is 0.347 e. The number of hydrogen-bond acceptors (Lipinski definition) is 6. The van der Waals surface area contributed by atoms with Crippen molar-refractivity contribution in [3.63, 3.8) is 0 Å². The van der Waals surface area contributed by atoms with Crippen molar-refractivity contribution in [2.75, 3.05) is 6.61 Å². The van der Waals surface area contributed by atoms with Crippen molar-refractivity contribution in [3.05, 3.63) is 63.0 Å². The maximum atomic E-state index is 12.8. The summed E-state index contributed by atoms with van der Waals surface area (Å²) in [7, 11) is 0. The van der Waals surface area contributed by atoms with Crippen LogP contribution in [0.15, 0.2) is 45.8 Å². The predicted molar refractivity (Wildman–Crippen MR) is 115 cm³/mol. The van der Waals surface area contributed by atoms with Gasteiger partial charge in [-0.1, -0.05) is 18.5 Å². The fourth-order valence-corrected chi connectivity index (χ4v) is 3.01. The number of esters is 1. The molecular formula is C23H23ClO6. The zero-order valence-corrected chi connectivity index (χ0v) is 18.0. The van der Waals surface area contributed by atoms with E-state index >= 15 is 0 Å². The number of fused-ring (bicyclic) bond motifs is 1. The maximum absolute atomic E-state index is 12.8. The molecule has 1 aromatic heterocycles. The van der Waals surface area contributed by atoms with Gasteiger partial charge in [0.05, 0.1) is 12.0 Å². The van der Waals surface area contributed by atoms with E-state index in [0.717, 1.165) is 17.5 Å². The molecule has 0 radical (unpaired) electrons. The zero-order valence-electron chi connectivity index (χ0n) is 17.3. The lowest BCUT2D eigenvalue weighted by Gasteiger charge is -2.14. The van der Waals surface area contributed by atoms with E-state index in [-0.39, 0.29) is 11.2 Å². The summed E-state index contributed by atoms with van der Waals surface area (Å²) in [4.78, 5) is 24.7. The van der Waals surface area contributed by atoms with Crippen molar-refractivity contribution in [1.82, 2.24) is 0 Å². The van der Waals surface area contributed by atoms with Gasteiger partial charge in [-0.25, -0.2) is 4.79 Å². The van der Waals surface area contributed by atoms with Gasteiger partial charge in [0.25, 0.3) is 0 Å². The molecule has 1 atom stereocenters. The zero-order chi connectivity index (χ0) is 21.8. The molecule has 0 bridgehead atoms. The van der Waals surface area contributed by atoms with Crippen LogP contribution >= 0.6 is 11.6 Å². The van der Waals surface area contributed by atoms with Crippen molar-refractivity contribution in [3.8, 4) is 17.2 Å². The SMILES string of the molecule is CCCOC(=O)C(C)Oc1ccc2c(=O)c(Oc3cc(C)c(Cl)c(C)c3)coc2c1. The van der Waals surface area contributed by atoms with Gasteiger partial charge in [0.1, 0.15) is 23.3 Å². The second-order valence-electron chi connectivity index (χ2n) is 6.99. The lowest BCUT2D eigenvalue weighted by atomic mass is 10.1. The smallest absolute Gasteiger partial charge is 0.347 e. The molecule has 0 saturated heterocycles. The van der Waals surface area contributed by atoms with Crippen LogP contribution in [0, 0.1) is 13.8 Å². The largest absolute Gasteiger partial charge is 0.479 e. The molecule has 158 valence electrons. The number of ether oxygens (including phenoxy) is 3. The van der Waals surface area contributed by atoms with E-state index < -0.39 is 12.1 Å².